The van der Waals surface area contributed by atoms with Crippen LogP contribution in [0.15, 0.2) is 9.00 Å². The van der Waals surface area contributed by atoms with Crippen molar-refractivity contribution in [3.63, 3.8) is 0 Å². The summed E-state index contributed by atoms with van der Waals surface area (Å²) in [6.45, 7) is 1.56. The molecule has 0 fully saturated rings. The molecule has 0 saturated carbocycles. The molecule has 0 atom stereocenters. The Balaban J connectivity index is 1.93. The Kier molecular flexibility index (Phi) is 2.99. The maximum Gasteiger partial charge on any atom is 0.306 e. The van der Waals surface area contributed by atoms with Gasteiger partial charge in [0.2, 0.25) is 0 Å². The van der Waals surface area contributed by atoms with Crippen molar-refractivity contribution >= 4 is 37.8 Å². The lowest BCUT2D eigenvalue weighted by Crippen LogP contribution is -2.12. The van der Waals surface area contributed by atoms with Crippen LogP contribution in [-0.4, -0.2) is 18.4 Å². The predicted molar refractivity (Wildman–Crippen MR) is 74.6 cm³/mol. The number of thiazole rings is 2. The van der Waals surface area contributed by atoms with Gasteiger partial charge >= 0.3 is 4.87 Å². The number of hydrogen-bond donors (Lipinski definition) is 2. The van der Waals surface area contributed by atoms with Crippen molar-refractivity contribution in [1.29, 1.82) is 0 Å². The van der Waals surface area contributed by atoms with E-state index in [4.69, 9.17) is 0 Å². The van der Waals surface area contributed by atoms with E-state index in [1.165, 1.54) is 11.3 Å². The van der Waals surface area contributed by atoms with Crippen LogP contribution in [0, 0.1) is 6.92 Å². The summed E-state index contributed by atoms with van der Waals surface area (Å²) in [6, 6.07) is 0. The summed E-state index contributed by atoms with van der Waals surface area (Å²) in [4.78, 5) is 18.7. The van der Waals surface area contributed by atoms with Gasteiger partial charge < -0.3 is 4.98 Å². The van der Waals surface area contributed by atoms with Crippen LogP contribution < -0.4 is 9.60 Å². The monoisotopic (exact) mass is 317 g/mol. The van der Waals surface area contributed by atoms with Crippen molar-refractivity contribution in [2.45, 2.75) is 30.4 Å². The van der Waals surface area contributed by atoms with Crippen LogP contribution in [0.4, 0.5) is 5.13 Å². The number of fused-ring (bicyclic) bond motifs is 1. The number of H-pyrrole nitrogens is 1. The number of aromatic amines is 1. The molecule has 0 amide bonds. The Labute approximate surface area is 117 Å². The van der Waals surface area contributed by atoms with Gasteiger partial charge in [-0.3, -0.25) is 9.52 Å². The van der Waals surface area contributed by atoms with E-state index in [1.807, 2.05) is 0 Å². The molecule has 0 aromatic carbocycles. The first-order chi connectivity index (χ1) is 8.95. The van der Waals surface area contributed by atoms with E-state index in [2.05, 4.69) is 14.7 Å². The summed E-state index contributed by atoms with van der Waals surface area (Å²) in [5, 5.41) is 0.380. The Morgan fingerprint density at radius 2 is 2.11 bits per heavy atom. The number of sulfonamides is 1. The normalized spacial score (nSPS) is 14.6. The fourth-order valence-corrected chi connectivity index (χ4v) is 5.63. The maximum absolute atomic E-state index is 12.2. The summed E-state index contributed by atoms with van der Waals surface area (Å²) >= 11 is 2.06. The zero-order valence-corrected chi connectivity index (χ0v) is 12.5. The van der Waals surface area contributed by atoms with Crippen molar-refractivity contribution in [2.75, 3.05) is 4.72 Å². The van der Waals surface area contributed by atoms with Crippen LogP contribution in [-0.2, 0) is 22.9 Å². The minimum absolute atomic E-state index is 0.0212. The van der Waals surface area contributed by atoms with E-state index in [-0.39, 0.29) is 9.08 Å². The van der Waals surface area contributed by atoms with Crippen molar-refractivity contribution in [3.8, 4) is 0 Å². The fourth-order valence-electron chi connectivity index (χ4n) is 2.04. The molecule has 1 aliphatic carbocycles. The van der Waals surface area contributed by atoms with Gasteiger partial charge in [-0.2, -0.15) is 0 Å². The van der Waals surface area contributed by atoms with Gasteiger partial charge in [0, 0.05) is 10.6 Å². The molecule has 6 nitrogen and oxygen atoms in total. The highest BCUT2D eigenvalue weighted by Gasteiger charge is 2.24. The van der Waals surface area contributed by atoms with Crippen molar-refractivity contribution in [1.82, 2.24) is 9.97 Å². The zero-order valence-electron chi connectivity index (χ0n) is 10.0. The highest BCUT2D eigenvalue weighted by molar-refractivity contribution is 7.94. The molecular weight excluding hydrogens is 306 g/mol. The van der Waals surface area contributed by atoms with E-state index in [0.29, 0.717) is 22.2 Å². The van der Waals surface area contributed by atoms with Crippen molar-refractivity contribution < 1.29 is 8.42 Å². The summed E-state index contributed by atoms with van der Waals surface area (Å²) in [6.07, 6.45) is 2.95. The number of rotatable bonds is 3. The molecular formula is C10H11N3O3S3. The average molecular weight is 317 g/mol. The standard InChI is InChI=1S/C10H11N3O3S3/c1-5-8(18-10(14)11-5)19(15,16)13-9-12-6-3-2-4-7(6)17-9/h2-4H2,1H3,(H,11,14)(H,12,13). The molecule has 0 aliphatic heterocycles. The van der Waals surface area contributed by atoms with Gasteiger partial charge in [-0.05, 0) is 26.2 Å². The lowest BCUT2D eigenvalue weighted by atomic mass is 10.4. The van der Waals surface area contributed by atoms with Gasteiger partial charge in [-0.25, -0.2) is 13.4 Å². The lowest BCUT2D eigenvalue weighted by Gasteiger charge is -2.02. The molecule has 2 N–H and O–H groups in total. The molecule has 0 bridgehead atoms. The van der Waals surface area contributed by atoms with Crippen LogP contribution in [0.25, 0.3) is 0 Å². The molecule has 2 aromatic rings. The van der Waals surface area contributed by atoms with E-state index in [9.17, 15) is 13.2 Å². The zero-order chi connectivity index (χ0) is 13.6. The topological polar surface area (TPSA) is 91.9 Å². The first kappa shape index (κ1) is 12.8. The van der Waals surface area contributed by atoms with Gasteiger partial charge in [0.05, 0.1) is 5.69 Å². The minimum atomic E-state index is -3.73. The predicted octanol–water partition coefficient (Wildman–Crippen LogP) is 1.49. The number of nitrogens with zero attached hydrogens (tertiary/aromatic N) is 1. The molecule has 0 saturated heterocycles. The highest BCUT2D eigenvalue weighted by Crippen LogP contribution is 2.32. The molecule has 19 heavy (non-hydrogen) atoms. The number of aromatic nitrogens is 2. The van der Waals surface area contributed by atoms with Gasteiger partial charge in [-0.15, -0.1) is 11.3 Å². The largest absolute Gasteiger partial charge is 0.315 e. The smallest absolute Gasteiger partial charge is 0.306 e. The number of nitrogens with one attached hydrogen (secondary N) is 2. The quantitative estimate of drug-likeness (QED) is 0.897. The van der Waals surface area contributed by atoms with Gasteiger partial charge in [0.15, 0.2) is 9.34 Å². The summed E-state index contributed by atoms with van der Waals surface area (Å²) in [7, 11) is -3.73. The summed E-state index contributed by atoms with van der Waals surface area (Å²) in [5.74, 6) is 0. The van der Waals surface area contributed by atoms with E-state index >= 15 is 0 Å². The van der Waals surface area contributed by atoms with Crippen molar-refractivity contribution in [2.24, 2.45) is 0 Å². The number of aryl methyl sites for hydroxylation is 3. The van der Waals surface area contributed by atoms with Gasteiger partial charge in [-0.1, -0.05) is 11.3 Å². The van der Waals surface area contributed by atoms with E-state index in [0.717, 1.165) is 29.8 Å². The molecule has 2 aromatic heterocycles. The Hall–Kier alpha value is -1.19. The third-order valence-corrected chi connectivity index (χ3v) is 6.99. The Morgan fingerprint density at radius 1 is 1.32 bits per heavy atom. The number of hydrogen-bond acceptors (Lipinski definition) is 6. The minimum Gasteiger partial charge on any atom is -0.315 e. The highest BCUT2D eigenvalue weighted by atomic mass is 32.2. The first-order valence-corrected chi connectivity index (χ1v) is 8.78. The van der Waals surface area contributed by atoms with Crippen LogP contribution in [0.1, 0.15) is 22.7 Å². The van der Waals surface area contributed by atoms with E-state index < -0.39 is 10.0 Å². The summed E-state index contributed by atoms with van der Waals surface area (Å²) in [5.41, 5.74) is 1.34. The Morgan fingerprint density at radius 3 is 2.74 bits per heavy atom. The second-order valence-electron chi connectivity index (χ2n) is 4.27. The molecule has 0 spiro atoms. The van der Waals surface area contributed by atoms with Crippen LogP contribution >= 0.6 is 22.7 Å². The second kappa shape index (κ2) is 4.43. The first-order valence-electron chi connectivity index (χ1n) is 5.67. The van der Waals surface area contributed by atoms with Crippen LogP contribution in [0.5, 0.6) is 0 Å². The third-order valence-electron chi connectivity index (χ3n) is 2.84. The van der Waals surface area contributed by atoms with Crippen LogP contribution in [0.2, 0.25) is 0 Å². The molecule has 0 radical (unpaired) electrons. The molecule has 3 rings (SSSR count). The van der Waals surface area contributed by atoms with E-state index in [1.54, 1.807) is 6.92 Å². The Bertz CT molecular complexity index is 763. The summed E-state index contributed by atoms with van der Waals surface area (Å²) < 4.78 is 26.8. The van der Waals surface area contributed by atoms with Crippen molar-refractivity contribution in [3.05, 3.63) is 25.9 Å². The van der Waals surface area contributed by atoms with Gasteiger partial charge in [0.25, 0.3) is 10.0 Å². The second-order valence-corrected chi connectivity index (χ2v) is 8.22. The fraction of sp³-hybridized carbons (Fsp3) is 0.400. The lowest BCUT2D eigenvalue weighted by molar-refractivity contribution is 0.602. The molecule has 2 heterocycles. The van der Waals surface area contributed by atoms with Gasteiger partial charge in [0.1, 0.15) is 0 Å². The number of anilines is 1. The molecule has 0 unspecified atom stereocenters. The van der Waals surface area contributed by atoms with Crippen LogP contribution in [0.3, 0.4) is 0 Å². The average Bonchev–Trinajstić information content (AvgIpc) is 2.92. The third kappa shape index (κ3) is 2.33. The maximum atomic E-state index is 12.2. The molecule has 1 aliphatic rings. The SMILES string of the molecule is Cc1[nH]c(=O)sc1S(=O)(=O)Nc1nc2c(s1)CCC2. The molecule has 102 valence electrons. The molecule has 9 heteroatoms.